The Morgan fingerprint density at radius 3 is 2.47 bits per heavy atom. The van der Waals surface area contributed by atoms with Crippen molar-refractivity contribution in [1.29, 1.82) is 0 Å². The molecule has 0 fully saturated rings. The number of hydrogen-bond donors (Lipinski definition) is 0. The van der Waals surface area contributed by atoms with Crippen molar-refractivity contribution in [3.05, 3.63) is 48.0 Å². The van der Waals surface area contributed by atoms with Gasteiger partial charge >= 0.3 is 0 Å². The molecule has 1 aromatic carbocycles. The van der Waals surface area contributed by atoms with Crippen molar-refractivity contribution >= 4 is 5.78 Å². The topological polar surface area (TPSA) is 17.1 Å². The van der Waals surface area contributed by atoms with Gasteiger partial charge in [0.1, 0.15) is 0 Å². The minimum atomic E-state index is 0.110. The molecule has 0 aliphatic heterocycles. The number of rotatable bonds is 8. The highest BCUT2D eigenvalue weighted by atomic mass is 16.1. The van der Waals surface area contributed by atoms with Crippen molar-refractivity contribution in [1.82, 2.24) is 0 Å². The van der Waals surface area contributed by atoms with Gasteiger partial charge in [-0.2, -0.15) is 0 Å². The van der Waals surface area contributed by atoms with E-state index in [-0.39, 0.29) is 5.78 Å². The van der Waals surface area contributed by atoms with Crippen LogP contribution in [-0.4, -0.2) is 5.78 Å². The van der Waals surface area contributed by atoms with E-state index in [0.29, 0.717) is 0 Å². The highest BCUT2D eigenvalue weighted by molar-refractivity contribution is 6.04. The standard InChI is InChI=1S/C16H22O/c1-2-3-4-5-6-7-11-14-16(17)15-12-9-8-10-13-15/h8-14H,2-7H2,1H3/b14-11+. The third-order valence-electron chi connectivity index (χ3n) is 2.80. The third kappa shape index (κ3) is 6.06. The average Bonchev–Trinajstić information content (AvgIpc) is 2.38. The van der Waals surface area contributed by atoms with Gasteiger partial charge in [-0.05, 0) is 18.9 Å². The van der Waals surface area contributed by atoms with Crippen molar-refractivity contribution in [2.75, 3.05) is 0 Å². The SMILES string of the molecule is CCCCCCC/C=C/C(=O)c1ccccc1. The lowest BCUT2D eigenvalue weighted by Crippen LogP contribution is -1.92. The molecule has 0 aliphatic rings. The first-order valence-electron chi connectivity index (χ1n) is 6.60. The van der Waals surface area contributed by atoms with Crippen LogP contribution in [0.25, 0.3) is 0 Å². The van der Waals surface area contributed by atoms with Crippen LogP contribution in [-0.2, 0) is 0 Å². The highest BCUT2D eigenvalue weighted by Gasteiger charge is 1.98. The molecule has 0 unspecified atom stereocenters. The van der Waals surface area contributed by atoms with Gasteiger partial charge < -0.3 is 0 Å². The predicted molar refractivity (Wildman–Crippen MR) is 73.3 cm³/mol. The molecule has 0 atom stereocenters. The summed E-state index contributed by atoms with van der Waals surface area (Å²) in [5, 5.41) is 0. The molecule has 0 radical (unpaired) electrons. The summed E-state index contributed by atoms with van der Waals surface area (Å²) >= 11 is 0. The quantitative estimate of drug-likeness (QED) is 0.356. The van der Waals surface area contributed by atoms with Crippen LogP contribution in [0.1, 0.15) is 55.8 Å². The summed E-state index contributed by atoms with van der Waals surface area (Å²) in [6.07, 6.45) is 11.1. The van der Waals surface area contributed by atoms with Gasteiger partial charge in [0, 0.05) is 5.56 Å². The second-order valence-electron chi connectivity index (χ2n) is 4.34. The Bertz CT molecular complexity index is 338. The first-order chi connectivity index (χ1) is 8.34. The maximum atomic E-state index is 11.7. The van der Waals surface area contributed by atoms with Gasteiger partial charge in [0.15, 0.2) is 5.78 Å². The zero-order chi connectivity index (χ0) is 12.3. The molecule has 0 N–H and O–H groups in total. The lowest BCUT2D eigenvalue weighted by atomic mass is 10.1. The first kappa shape index (κ1) is 13.7. The van der Waals surface area contributed by atoms with Gasteiger partial charge in [-0.25, -0.2) is 0 Å². The van der Waals surface area contributed by atoms with E-state index in [9.17, 15) is 4.79 Å². The Morgan fingerprint density at radius 2 is 1.76 bits per heavy atom. The van der Waals surface area contributed by atoms with Gasteiger partial charge in [0.2, 0.25) is 0 Å². The smallest absolute Gasteiger partial charge is 0.185 e. The molecule has 1 heteroatoms. The molecule has 0 saturated heterocycles. The molecular formula is C16H22O. The van der Waals surface area contributed by atoms with Crippen molar-refractivity contribution < 1.29 is 4.79 Å². The van der Waals surface area contributed by atoms with Crippen LogP contribution in [0.15, 0.2) is 42.5 Å². The number of unbranched alkanes of at least 4 members (excludes halogenated alkanes) is 5. The summed E-state index contributed by atoms with van der Waals surface area (Å²) in [6, 6.07) is 9.42. The largest absolute Gasteiger partial charge is 0.289 e. The fourth-order valence-corrected chi connectivity index (χ4v) is 1.75. The lowest BCUT2D eigenvalue weighted by molar-refractivity contribution is 0.104. The molecular weight excluding hydrogens is 208 g/mol. The first-order valence-corrected chi connectivity index (χ1v) is 6.60. The Balaban J connectivity index is 2.19. The van der Waals surface area contributed by atoms with Crippen LogP contribution in [0.5, 0.6) is 0 Å². The zero-order valence-electron chi connectivity index (χ0n) is 10.7. The average molecular weight is 230 g/mol. The van der Waals surface area contributed by atoms with E-state index in [0.717, 1.165) is 12.0 Å². The summed E-state index contributed by atoms with van der Waals surface area (Å²) in [5.74, 6) is 0.110. The van der Waals surface area contributed by atoms with Crippen LogP contribution in [0.3, 0.4) is 0 Å². The molecule has 17 heavy (non-hydrogen) atoms. The van der Waals surface area contributed by atoms with Crippen LogP contribution >= 0.6 is 0 Å². The molecule has 0 bridgehead atoms. The normalized spacial score (nSPS) is 10.9. The van der Waals surface area contributed by atoms with E-state index < -0.39 is 0 Å². The fraction of sp³-hybridized carbons (Fsp3) is 0.438. The fourth-order valence-electron chi connectivity index (χ4n) is 1.75. The van der Waals surface area contributed by atoms with E-state index in [1.165, 1.54) is 32.1 Å². The maximum Gasteiger partial charge on any atom is 0.185 e. The molecule has 1 aromatic rings. The monoisotopic (exact) mass is 230 g/mol. The van der Waals surface area contributed by atoms with Crippen molar-refractivity contribution in [2.24, 2.45) is 0 Å². The Labute approximate surface area is 105 Å². The summed E-state index contributed by atoms with van der Waals surface area (Å²) in [4.78, 5) is 11.7. The minimum Gasteiger partial charge on any atom is -0.289 e. The van der Waals surface area contributed by atoms with E-state index in [4.69, 9.17) is 0 Å². The van der Waals surface area contributed by atoms with Crippen molar-refractivity contribution in [2.45, 2.75) is 45.4 Å². The molecule has 0 aromatic heterocycles. The van der Waals surface area contributed by atoms with E-state index >= 15 is 0 Å². The van der Waals surface area contributed by atoms with Crippen molar-refractivity contribution in [3.8, 4) is 0 Å². The van der Waals surface area contributed by atoms with Crippen LogP contribution in [0.2, 0.25) is 0 Å². The van der Waals surface area contributed by atoms with Gasteiger partial charge in [-0.3, -0.25) is 4.79 Å². The number of hydrogen-bond acceptors (Lipinski definition) is 1. The van der Waals surface area contributed by atoms with Gasteiger partial charge in [-0.1, -0.05) is 69.0 Å². The number of benzene rings is 1. The number of carbonyl (C=O) groups excluding carboxylic acids is 1. The molecule has 92 valence electrons. The Hall–Kier alpha value is -1.37. The van der Waals surface area contributed by atoms with Gasteiger partial charge in [0.25, 0.3) is 0 Å². The predicted octanol–water partition coefficient (Wildman–Crippen LogP) is 4.79. The molecule has 0 spiro atoms. The molecule has 0 heterocycles. The van der Waals surface area contributed by atoms with Crippen LogP contribution in [0.4, 0.5) is 0 Å². The summed E-state index contributed by atoms with van der Waals surface area (Å²) < 4.78 is 0. The molecule has 1 rings (SSSR count). The number of ketones is 1. The number of carbonyl (C=O) groups is 1. The molecule has 1 nitrogen and oxygen atoms in total. The second kappa shape index (κ2) is 8.74. The molecule has 0 aliphatic carbocycles. The van der Waals surface area contributed by atoms with E-state index in [2.05, 4.69) is 6.92 Å². The van der Waals surface area contributed by atoms with Crippen LogP contribution in [0, 0.1) is 0 Å². The minimum absolute atomic E-state index is 0.110. The molecule has 0 saturated carbocycles. The second-order valence-corrected chi connectivity index (χ2v) is 4.34. The Morgan fingerprint density at radius 1 is 1.06 bits per heavy atom. The van der Waals surface area contributed by atoms with Crippen molar-refractivity contribution in [3.63, 3.8) is 0 Å². The Kier molecular flexibility index (Phi) is 7.04. The summed E-state index contributed by atoms with van der Waals surface area (Å²) in [7, 11) is 0. The molecule has 0 amide bonds. The lowest BCUT2D eigenvalue weighted by Gasteiger charge is -1.96. The zero-order valence-corrected chi connectivity index (χ0v) is 10.7. The van der Waals surface area contributed by atoms with Crippen LogP contribution < -0.4 is 0 Å². The highest BCUT2D eigenvalue weighted by Crippen LogP contribution is 2.06. The summed E-state index contributed by atoms with van der Waals surface area (Å²) in [6.45, 7) is 2.22. The van der Waals surface area contributed by atoms with E-state index in [1.54, 1.807) is 6.08 Å². The maximum absolute atomic E-state index is 11.7. The third-order valence-corrected chi connectivity index (χ3v) is 2.80. The summed E-state index contributed by atoms with van der Waals surface area (Å²) in [5.41, 5.74) is 0.773. The van der Waals surface area contributed by atoms with Gasteiger partial charge in [-0.15, -0.1) is 0 Å². The van der Waals surface area contributed by atoms with Gasteiger partial charge in [0.05, 0.1) is 0 Å². The number of allylic oxidation sites excluding steroid dienone is 2. The van der Waals surface area contributed by atoms with E-state index in [1.807, 2.05) is 36.4 Å².